The van der Waals surface area contributed by atoms with Crippen LogP contribution in [0.2, 0.25) is 0 Å². The van der Waals surface area contributed by atoms with Crippen LogP contribution in [0.5, 0.6) is 0 Å². The van der Waals surface area contributed by atoms with Crippen LogP contribution >= 0.6 is 0 Å². The van der Waals surface area contributed by atoms with Crippen molar-refractivity contribution in [2.24, 2.45) is 0 Å². The van der Waals surface area contributed by atoms with Crippen LogP contribution in [0.15, 0.2) is 54.6 Å². The van der Waals surface area contributed by atoms with Crippen molar-refractivity contribution >= 4 is 28.2 Å². The van der Waals surface area contributed by atoms with E-state index in [1.165, 1.54) is 12.6 Å². The number of pyridine rings is 1. The van der Waals surface area contributed by atoms with Gasteiger partial charge in [-0.3, -0.25) is 4.79 Å². The van der Waals surface area contributed by atoms with Crippen molar-refractivity contribution in [2.75, 3.05) is 36.5 Å². The third kappa shape index (κ3) is 3.39. The standard InChI is InChI=1S/C21H21N3O2/c1-15(25)22-17-8-6-16(7-9-17)20-14-21(24-10-12-26-13-11-24)18-4-2-3-5-19(18)23-20/h2-9,14H,10-13H2,1H3,(H,22,25). The predicted molar refractivity (Wildman–Crippen MR) is 105 cm³/mol. The summed E-state index contributed by atoms with van der Waals surface area (Å²) in [5.74, 6) is -0.0730. The van der Waals surface area contributed by atoms with E-state index in [2.05, 4.69) is 34.5 Å². The van der Waals surface area contributed by atoms with Gasteiger partial charge in [0.05, 0.1) is 24.4 Å². The number of benzene rings is 2. The molecule has 4 rings (SSSR count). The smallest absolute Gasteiger partial charge is 0.221 e. The van der Waals surface area contributed by atoms with Gasteiger partial charge in [0.25, 0.3) is 0 Å². The summed E-state index contributed by atoms with van der Waals surface area (Å²) in [6, 6.07) is 18.2. The van der Waals surface area contributed by atoms with E-state index in [9.17, 15) is 4.79 Å². The Morgan fingerprint density at radius 1 is 1.08 bits per heavy atom. The van der Waals surface area contributed by atoms with Gasteiger partial charge in [-0.25, -0.2) is 4.98 Å². The maximum absolute atomic E-state index is 11.2. The minimum Gasteiger partial charge on any atom is -0.378 e. The quantitative estimate of drug-likeness (QED) is 0.785. The molecule has 0 unspecified atom stereocenters. The van der Waals surface area contributed by atoms with Crippen LogP contribution < -0.4 is 10.2 Å². The lowest BCUT2D eigenvalue weighted by Crippen LogP contribution is -2.36. The molecule has 0 radical (unpaired) electrons. The molecule has 2 heterocycles. The van der Waals surface area contributed by atoms with Gasteiger partial charge < -0.3 is 15.0 Å². The first-order valence-corrected chi connectivity index (χ1v) is 8.81. The zero-order chi connectivity index (χ0) is 17.9. The Labute approximate surface area is 152 Å². The largest absolute Gasteiger partial charge is 0.378 e. The Bertz CT molecular complexity index is 932. The van der Waals surface area contributed by atoms with Crippen LogP contribution in [0.25, 0.3) is 22.2 Å². The maximum Gasteiger partial charge on any atom is 0.221 e. The molecule has 132 valence electrons. The van der Waals surface area contributed by atoms with Crippen molar-refractivity contribution in [3.05, 3.63) is 54.6 Å². The molecule has 1 N–H and O–H groups in total. The predicted octanol–water partition coefficient (Wildman–Crippen LogP) is 3.70. The first-order valence-electron chi connectivity index (χ1n) is 8.81. The van der Waals surface area contributed by atoms with Crippen molar-refractivity contribution in [1.29, 1.82) is 0 Å². The lowest BCUT2D eigenvalue weighted by molar-refractivity contribution is -0.114. The Balaban J connectivity index is 1.76. The summed E-state index contributed by atoms with van der Waals surface area (Å²) in [5.41, 5.74) is 4.92. The number of carbonyl (C=O) groups is 1. The third-order valence-corrected chi connectivity index (χ3v) is 4.55. The van der Waals surface area contributed by atoms with E-state index >= 15 is 0 Å². The van der Waals surface area contributed by atoms with Gasteiger partial charge in [-0.2, -0.15) is 0 Å². The van der Waals surface area contributed by atoms with Crippen molar-refractivity contribution in [1.82, 2.24) is 4.98 Å². The third-order valence-electron chi connectivity index (χ3n) is 4.55. The van der Waals surface area contributed by atoms with Gasteiger partial charge in [0.1, 0.15) is 0 Å². The molecule has 1 fully saturated rings. The number of hydrogen-bond donors (Lipinski definition) is 1. The first-order chi connectivity index (χ1) is 12.7. The normalized spacial score (nSPS) is 14.4. The van der Waals surface area contributed by atoms with Gasteiger partial charge in [0.15, 0.2) is 0 Å². The van der Waals surface area contributed by atoms with E-state index in [0.29, 0.717) is 0 Å². The monoisotopic (exact) mass is 347 g/mol. The average Bonchev–Trinajstić information content (AvgIpc) is 2.68. The molecule has 5 heteroatoms. The Morgan fingerprint density at radius 3 is 2.54 bits per heavy atom. The van der Waals surface area contributed by atoms with Gasteiger partial charge in [-0.15, -0.1) is 0 Å². The summed E-state index contributed by atoms with van der Waals surface area (Å²) in [4.78, 5) is 18.4. The van der Waals surface area contributed by atoms with Gasteiger partial charge >= 0.3 is 0 Å². The lowest BCUT2D eigenvalue weighted by atomic mass is 10.1. The topological polar surface area (TPSA) is 54.5 Å². The summed E-state index contributed by atoms with van der Waals surface area (Å²) in [6.07, 6.45) is 0. The molecule has 2 aromatic carbocycles. The van der Waals surface area contributed by atoms with Crippen LogP contribution in [0.1, 0.15) is 6.92 Å². The van der Waals surface area contributed by atoms with E-state index in [-0.39, 0.29) is 5.91 Å². The minimum atomic E-state index is -0.0730. The van der Waals surface area contributed by atoms with Crippen LogP contribution in [-0.2, 0) is 9.53 Å². The zero-order valence-corrected chi connectivity index (χ0v) is 14.7. The molecule has 3 aromatic rings. The molecule has 1 aliphatic rings. The molecule has 1 aromatic heterocycles. The number of hydrogen-bond acceptors (Lipinski definition) is 4. The summed E-state index contributed by atoms with van der Waals surface area (Å²) in [7, 11) is 0. The molecule has 0 atom stereocenters. The van der Waals surface area contributed by atoms with E-state index in [0.717, 1.165) is 54.2 Å². The van der Waals surface area contributed by atoms with Gasteiger partial charge in [0, 0.05) is 42.3 Å². The van der Waals surface area contributed by atoms with Crippen LogP contribution in [-0.4, -0.2) is 37.2 Å². The number of para-hydroxylation sites is 1. The molecule has 1 aliphatic heterocycles. The Kier molecular flexibility index (Phi) is 4.54. The lowest BCUT2D eigenvalue weighted by Gasteiger charge is -2.30. The Hall–Kier alpha value is -2.92. The number of fused-ring (bicyclic) bond motifs is 1. The van der Waals surface area contributed by atoms with Gasteiger partial charge in [0.2, 0.25) is 5.91 Å². The van der Waals surface area contributed by atoms with E-state index in [1.807, 2.05) is 30.3 Å². The molecule has 26 heavy (non-hydrogen) atoms. The molecule has 5 nitrogen and oxygen atoms in total. The minimum absolute atomic E-state index is 0.0730. The number of ether oxygens (including phenoxy) is 1. The molecule has 0 aliphatic carbocycles. The SMILES string of the molecule is CC(=O)Nc1ccc(-c2cc(N3CCOCC3)c3ccccc3n2)cc1. The molecule has 0 bridgehead atoms. The number of morpholine rings is 1. The summed E-state index contributed by atoms with van der Waals surface area (Å²) in [5, 5.41) is 3.95. The number of aromatic nitrogens is 1. The number of amides is 1. The van der Waals surface area contributed by atoms with E-state index in [4.69, 9.17) is 9.72 Å². The highest BCUT2D eigenvalue weighted by Gasteiger charge is 2.16. The number of nitrogens with one attached hydrogen (secondary N) is 1. The zero-order valence-electron chi connectivity index (χ0n) is 14.7. The summed E-state index contributed by atoms with van der Waals surface area (Å²) < 4.78 is 5.50. The molecular weight excluding hydrogens is 326 g/mol. The van der Waals surface area contributed by atoms with Crippen molar-refractivity contribution in [3.8, 4) is 11.3 Å². The summed E-state index contributed by atoms with van der Waals surface area (Å²) in [6.45, 7) is 4.77. The van der Waals surface area contributed by atoms with Crippen molar-refractivity contribution in [3.63, 3.8) is 0 Å². The second-order valence-corrected chi connectivity index (χ2v) is 6.40. The highest BCUT2D eigenvalue weighted by atomic mass is 16.5. The fourth-order valence-electron chi connectivity index (χ4n) is 3.30. The van der Waals surface area contributed by atoms with E-state index in [1.54, 1.807) is 0 Å². The highest BCUT2D eigenvalue weighted by molar-refractivity contribution is 5.94. The summed E-state index contributed by atoms with van der Waals surface area (Å²) >= 11 is 0. The van der Waals surface area contributed by atoms with Gasteiger partial charge in [-0.1, -0.05) is 30.3 Å². The molecule has 0 spiro atoms. The fraction of sp³-hybridized carbons (Fsp3) is 0.238. The molecule has 1 saturated heterocycles. The highest BCUT2D eigenvalue weighted by Crippen LogP contribution is 2.31. The fourth-order valence-corrected chi connectivity index (χ4v) is 3.30. The number of rotatable bonds is 3. The number of anilines is 2. The van der Waals surface area contributed by atoms with Crippen LogP contribution in [0.3, 0.4) is 0 Å². The van der Waals surface area contributed by atoms with Crippen LogP contribution in [0.4, 0.5) is 11.4 Å². The average molecular weight is 347 g/mol. The van der Waals surface area contributed by atoms with Gasteiger partial charge in [-0.05, 0) is 24.3 Å². The molecule has 1 amide bonds. The molecular formula is C21H21N3O2. The van der Waals surface area contributed by atoms with Crippen molar-refractivity contribution < 1.29 is 9.53 Å². The first kappa shape index (κ1) is 16.5. The second-order valence-electron chi connectivity index (χ2n) is 6.40. The second kappa shape index (κ2) is 7.14. The number of carbonyl (C=O) groups excluding carboxylic acids is 1. The number of nitrogens with zero attached hydrogens (tertiary/aromatic N) is 2. The maximum atomic E-state index is 11.2. The Morgan fingerprint density at radius 2 is 1.81 bits per heavy atom. The van der Waals surface area contributed by atoms with Crippen LogP contribution in [0, 0.1) is 0 Å². The molecule has 0 saturated carbocycles. The van der Waals surface area contributed by atoms with Crippen molar-refractivity contribution in [2.45, 2.75) is 6.92 Å². The van der Waals surface area contributed by atoms with E-state index < -0.39 is 0 Å².